The van der Waals surface area contributed by atoms with Crippen LogP contribution in [0, 0.1) is 0 Å². The summed E-state index contributed by atoms with van der Waals surface area (Å²) in [6, 6.07) is 14.1. The number of anilines is 3. The van der Waals surface area contributed by atoms with E-state index in [1.807, 2.05) is 30.3 Å². The van der Waals surface area contributed by atoms with Crippen molar-refractivity contribution in [2.24, 2.45) is 0 Å². The minimum Gasteiger partial charge on any atom is -0.397 e. The second kappa shape index (κ2) is 3.28. The zero-order chi connectivity index (χ0) is 12.0. The number of nitrogens with two attached hydrogens (primary N) is 3. The van der Waals surface area contributed by atoms with Gasteiger partial charge in [0.25, 0.3) is 0 Å². The summed E-state index contributed by atoms with van der Waals surface area (Å²) >= 11 is 0. The highest BCUT2D eigenvalue weighted by Gasteiger charge is 2.08. The molecule has 3 rings (SSSR count). The highest BCUT2D eigenvalue weighted by molar-refractivity contribution is 6.15. The molecule has 0 bridgehead atoms. The van der Waals surface area contributed by atoms with Crippen molar-refractivity contribution in [3.63, 3.8) is 0 Å². The van der Waals surface area contributed by atoms with Crippen molar-refractivity contribution >= 4 is 38.6 Å². The molecule has 0 unspecified atom stereocenters. The molecule has 0 atom stereocenters. The summed E-state index contributed by atoms with van der Waals surface area (Å²) in [5.74, 6) is 0. The summed E-state index contributed by atoms with van der Waals surface area (Å²) in [6.45, 7) is 0. The van der Waals surface area contributed by atoms with Crippen LogP contribution >= 0.6 is 0 Å². The minimum absolute atomic E-state index is 0.466. The molecule has 0 saturated heterocycles. The number of benzene rings is 3. The monoisotopic (exact) mass is 223 g/mol. The first-order chi connectivity index (χ1) is 8.18. The molecule has 3 aromatic rings. The number of nitrogen functional groups attached to an aromatic ring is 3. The van der Waals surface area contributed by atoms with Gasteiger partial charge in [0.15, 0.2) is 0 Å². The molecule has 6 N–H and O–H groups in total. The van der Waals surface area contributed by atoms with E-state index >= 15 is 0 Å². The molecule has 0 saturated carbocycles. The van der Waals surface area contributed by atoms with E-state index < -0.39 is 0 Å². The molecular weight excluding hydrogens is 210 g/mol. The second-order valence-electron chi connectivity index (χ2n) is 4.17. The Morgan fingerprint density at radius 2 is 1.41 bits per heavy atom. The molecule has 0 fully saturated rings. The van der Waals surface area contributed by atoms with Crippen LogP contribution in [0.3, 0.4) is 0 Å². The van der Waals surface area contributed by atoms with Gasteiger partial charge in [0.1, 0.15) is 0 Å². The molecule has 17 heavy (non-hydrogen) atoms. The fourth-order valence-electron chi connectivity index (χ4n) is 2.22. The Morgan fingerprint density at radius 1 is 0.647 bits per heavy atom. The van der Waals surface area contributed by atoms with Crippen molar-refractivity contribution in [3.05, 3.63) is 42.5 Å². The summed E-state index contributed by atoms with van der Waals surface area (Å²) in [4.78, 5) is 0. The third-order valence-corrected chi connectivity index (χ3v) is 3.16. The predicted octanol–water partition coefficient (Wildman–Crippen LogP) is 2.74. The first-order valence-corrected chi connectivity index (χ1v) is 5.43. The van der Waals surface area contributed by atoms with Crippen LogP contribution in [-0.2, 0) is 0 Å². The third-order valence-electron chi connectivity index (χ3n) is 3.16. The van der Waals surface area contributed by atoms with E-state index in [1.165, 1.54) is 5.39 Å². The molecular formula is C14H13N3. The highest BCUT2D eigenvalue weighted by Crippen LogP contribution is 2.35. The van der Waals surface area contributed by atoms with Crippen LogP contribution in [0.15, 0.2) is 42.5 Å². The van der Waals surface area contributed by atoms with Gasteiger partial charge in [0.2, 0.25) is 0 Å². The molecule has 0 spiro atoms. The maximum Gasteiger partial charge on any atom is 0.0787 e. The van der Waals surface area contributed by atoms with Gasteiger partial charge >= 0.3 is 0 Å². The van der Waals surface area contributed by atoms with Crippen molar-refractivity contribution in [2.45, 2.75) is 0 Å². The quantitative estimate of drug-likeness (QED) is 0.405. The molecule has 0 heterocycles. The first kappa shape index (κ1) is 9.78. The zero-order valence-corrected chi connectivity index (χ0v) is 9.27. The van der Waals surface area contributed by atoms with Gasteiger partial charge in [-0.1, -0.05) is 36.4 Å². The molecule has 0 aliphatic heterocycles. The topological polar surface area (TPSA) is 78.1 Å². The Bertz CT molecular complexity index is 732. The molecule has 3 aromatic carbocycles. The summed E-state index contributed by atoms with van der Waals surface area (Å²) in [5.41, 5.74) is 19.3. The lowest BCUT2D eigenvalue weighted by molar-refractivity contribution is 1.70. The lowest BCUT2D eigenvalue weighted by atomic mass is 9.99. The Kier molecular flexibility index (Phi) is 1.89. The lowest BCUT2D eigenvalue weighted by Crippen LogP contribution is -2.00. The standard InChI is InChI=1S/C14H13N3/c15-12-7-11-9-4-2-1-3-8(9)5-6-10(11)13(16)14(12)17/h1-7H,15-17H2. The van der Waals surface area contributed by atoms with Gasteiger partial charge in [0.05, 0.1) is 17.1 Å². The molecule has 3 nitrogen and oxygen atoms in total. The fraction of sp³-hybridized carbons (Fsp3) is 0. The average Bonchev–Trinajstić information content (AvgIpc) is 2.36. The second-order valence-corrected chi connectivity index (χ2v) is 4.17. The van der Waals surface area contributed by atoms with E-state index in [0.717, 1.165) is 16.2 Å². The van der Waals surface area contributed by atoms with Crippen LogP contribution in [0.2, 0.25) is 0 Å². The van der Waals surface area contributed by atoms with Gasteiger partial charge in [-0.15, -0.1) is 0 Å². The maximum atomic E-state index is 6.01. The summed E-state index contributed by atoms with van der Waals surface area (Å²) in [5, 5.41) is 4.31. The van der Waals surface area contributed by atoms with E-state index in [1.54, 1.807) is 0 Å². The number of fused-ring (bicyclic) bond motifs is 3. The molecule has 0 aromatic heterocycles. The van der Waals surface area contributed by atoms with Crippen molar-refractivity contribution in [1.29, 1.82) is 0 Å². The Balaban J connectivity index is 2.59. The smallest absolute Gasteiger partial charge is 0.0787 e. The summed E-state index contributed by atoms with van der Waals surface area (Å²) in [6.07, 6.45) is 0. The van der Waals surface area contributed by atoms with Crippen LogP contribution in [0.25, 0.3) is 21.5 Å². The van der Waals surface area contributed by atoms with Crippen LogP contribution in [0.1, 0.15) is 0 Å². The van der Waals surface area contributed by atoms with Crippen molar-refractivity contribution in [3.8, 4) is 0 Å². The number of hydrogen-bond acceptors (Lipinski definition) is 3. The fourth-order valence-corrected chi connectivity index (χ4v) is 2.22. The van der Waals surface area contributed by atoms with Crippen LogP contribution in [0.5, 0.6) is 0 Å². The Morgan fingerprint density at radius 3 is 2.24 bits per heavy atom. The van der Waals surface area contributed by atoms with Crippen molar-refractivity contribution < 1.29 is 0 Å². The molecule has 0 amide bonds. The predicted molar refractivity (Wildman–Crippen MR) is 74.7 cm³/mol. The van der Waals surface area contributed by atoms with Gasteiger partial charge in [-0.25, -0.2) is 0 Å². The molecule has 0 aliphatic carbocycles. The minimum atomic E-state index is 0.466. The van der Waals surface area contributed by atoms with Gasteiger partial charge in [-0.05, 0) is 22.2 Å². The van der Waals surface area contributed by atoms with Crippen LogP contribution in [0.4, 0.5) is 17.1 Å². The molecule has 0 radical (unpaired) electrons. The van der Waals surface area contributed by atoms with Crippen LogP contribution in [-0.4, -0.2) is 0 Å². The van der Waals surface area contributed by atoms with Gasteiger partial charge in [-0.2, -0.15) is 0 Å². The molecule has 0 aliphatic rings. The Hall–Kier alpha value is -2.42. The summed E-state index contributed by atoms with van der Waals surface area (Å²) in [7, 11) is 0. The maximum absolute atomic E-state index is 6.01. The largest absolute Gasteiger partial charge is 0.397 e. The highest BCUT2D eigenvalue weighted by atomic mass is 14.7. The molecule has 3 heteroatoms. The van der Waals surface area contributed by atoms with Crippen molar-refractivity contribution in [1.82, 2.24) is 0 Å². The van der Waals surface area contributed by atoms with E-state index in [4.69, 9.17) is 17.2 Å². The van der Waals surface area contributed by atoms with Gasteiger partial charge in [-0.3, -0.25) is 0 Å². The SMILES string of the molecule is Nc1cc2c(ccc3ccccc32)c(N)c1N. The van der Waals surface area contributed by atoms with E-state index in [2.05, 4.69) is 12.1 Å². The van der Waals surface area contributed by atoms with E-state index in [-0.39, 0.29) is 0 Å². The first-order valence-electron chi connectivity index (χ1n) is 5.43. The third kappa shape index (κ3) is 1.29. The van der Waals surface area contributed by atoms with Gasteiger partial charge in [0, 0.05) is 5.39 Å². The van der Waals surface area contributed by atoms with E-state index in [9.17, 15) is 0 Å². The number of hydrogen-bond donors (Lipinski definition) is 3. The Labute approximate surface area is 98.8 Å². The molecule has 84 valence electrons. The average molecular weight is 223 g/mol. The normalized spacial score (nSPS) is 11.1. The van der Waals surface area contributed by atoms with Crippen LogP contribution < -0.4 is 17.2 Å². The summed E-state index contributed by atoms with van der Waals surface area (Å²) < 4.78 is 0. The zero-order valence-electron chi connectivity index (χ0n) is 9.27. The van der Waals surface area contributed by atoms with E-state index in [0.29, 0.717) is 17.1 Å². The number of rotatable bonds is 0. The lowest BCUT2D eigenvalue weighted by Gasteiger charge is -2.10. The van der Waals surface area contributed by atoms with Crippen molar-refractivity contribution in [2.75, 3.05) is 17.2 Å². The van der Waals surface area contributed by atoms with Gasteiger partial charge < -0.3 is 17.2 Å².